The fourth-order valence-corrected chi connectivity index (χ4v) is 9.34. The van der Waals surface area contributed by atoms with Crippen molar-refractivity contribution in [3.8, 4) is 0 Å². The summed E-state index contributed by atoms with van der Waals surface area (Å²) in [6.07, 6.45) is 6.78. The molecule has 5 N–H and O–H groups in total. The highest BCUT2D eigenvalue weighted by molar-refractivity contribution is 5.18. The highest BCUT2D eigenvalue weighted by atomic mass is 16.3. The number of hydrogen-bond acceptors (Lipinski definition) is 5. The average molecular weight is 453 g/mol. The zero-order valence-corrected chi connectivity index (χ0v) is 20.7. The third kappa shape index (κ3) is 3.69. The summed E-state index contributed by atoms with van der Waals surface area (Å²) in [6, 6.07) is 0. The Kier molecular flexibility index (Phi) is 6.84. The summed E-state index contributed by atoms with van der Waals surface area (Å²) in [7, 11) is 0. The third-order valence-electron chi connectivity index (χ3n) is 11.2. The van der Waals surface area contributed by atoms with Crippen molar-refractivity contribution < 1.29 is 25.5 Å². The van der Waals surface area contributed by atoms with E-state index in [1.165, 1.54) is 0 Å². The van der Waals surface area contributed by atoms with E-state index in [4.69, 9.17) is 0 Å². The van der Waals surface area contributed by atoms with Crippen molar-refractivity contribution in [2.24, 2.45) is 46.3 Å². The van der Waals surface area contributed by atoms with Crippen LogP contribution in [0, 0.1) is 46.3 Å². The Bertz CT molecular complexity index is 670. The molecule has 0 aromatic carbocycles. The summed E-state index contributed by atoms with van der Waals surface area (Å²) in [5.74, 6) is 2.06. The van der Waals surface area contributed by atoms with E-state index >= 15 is 0 Å². The Labute approximate surface area is 194 Å². The van der Waals surface area contributed by atoms with Gasteiger partial charge in [-0.05, 0) is 85.9 Å². The molecule has 0 aliphatic heterocycles. The minimum Gasteiger partial charge on any atom is -0.396 e. The standard InChI is InChI=1S/C27H48O5/c1-16(15-28)6-5-7-17(2)21-13-22(30)24-19-12-23(31)27(32)14-18(29)8-11-26(27,4)20(19)9-10-25(21,24)3/h16-24,28-32H,5-15H2,1-4H3/t16-,17-,18+,19-,20+,21-,22+,23-,24-,25-,26-,27+/m1/s1. The number of fused-ring (bicyclic) bond motifs is 5. The number of rotatable bonds is 6. The SMILES string of the molecule is C[C@@H](CO)CCC[C@@H](C)[C@H]1C[C@H](O)[C@H]2[C@@H]3C[C@@H](O)[C@@]4(O)C[C@@H](O)CC[C@]4(C)[C@H]3CC[C@@]21C. The molecule has 0 aromatic heterocycles. The second-order valence-electron chi connectivity index (χ2n) is 12.9. The van der Waals surface area contributed by atoms with Crippen LogP contribution >= 0.6 is 0 Å². The fourth-order valence-electron chi connectivity index (χ4n) is 9.34. The van der Waals surface area contributed by atoms with Crippen molar-refractivity contribution in [1.82, 2.24) is 0 Å². The Morgan fingerprint density at radius 2 is 1.69 bits per heavy atom. The van der Waals surface area contributed by atoms with E-state index in [0.717, 1.165) is 44.9 Å². The fraction of sp³-hybridized carbons (Fsp3) is 1.00. The van der Waals surface area contributed by atoms with Crippen LogP contribution in [0.3, 0.4) is 0 Å². The minimum absolute atomic E-state index is 0.0717. The predicted octanol–water partition coefficient (Wildman–Crippen LogP) is 3.50. The highest BCUT2D eigenvalue weighted by Crippen LogP contribution is 2.69. The van der Waals surface area contributed by atoms with E-state index < -0.39 is 23.2 Å². The van der Waals surface area contributed by atoms with Gasteiger partial charge in [0.15, 0.2) is 0 Å². The van der Waals surface area contributed by atoms with E-state index in [1.54, 1.807) is 0 Å². The molecule has 4 aliphatic carbocycles. The van der Waals surface area contributed by atoms with Crippen molar-refractivity contribution >= 4 is 0 Å². The highest BCUT2D eigenvalue weighted by Gasteiger charge is 2.68. The summed E-state index contributed by atoms with van der Waals surface area (Å²) in [5, 5.41) is 53.7. The zero-order chi connectivity index (χ0) is 23.5. The Balaban J connectivity index is 1.54. The molecule has 5 nitrogen and oxygen atoms in total. The topological polar surface area (TPSA) is 101 Å². The number of hydrogen-bond donors (Lipinski definition) is 5. The van der Waals surface area contributed by atoms with Gasteiger partial charge in [-0.3, -0.25) is 0 Å². The molecule has 5 heteroatoms. The molecular weight excluding hydrogens is 404 g/mol. The maximum absolute atomic E-state index is 11.6. The molecule has 0 heterocycles. The van der Waals surface area contributed by atoms with Gasteiger partial charge in [-0.1, -0.05) is 40.5 Å². The van der Waals surface area contributed by atoms with Gasteiger partial charge in [0.05, 0.1) is 23.9 Å². The van der Waals surface area contributed by atoms with Crippen molar-refractivity contribution in [2.75, 3.05) is 6.61 Å². The molecule has 0 saturated heterocycles. The summed E-state index contributed by atoms with van der Waals surface area (Å²) < 4.78 is 0. The van der Waals surface area contributed by atoms with Gasteiger partial charge in [-0.25, -0.2) is 0 Å². The Morgan fingerprint density at radius 3 is 2.38 bits per heavy atom. The minimum atomic E-state index is -1.22. The van der Waals surface area contributed by atoms with Gasteiger partial charge in [0.2, 0.25) is 0 Å². The molecule has 0 amide bonds. The first-order valence-electron chi connectivity index (χ1n) is 13.4. The zero-order valence-electron chi connectivity index (χ0n) is 20.7. The van der Waals surface area contributed by atoms with E-state index in [-0.39, 0.29) is 42.3 Å². The van der Waals surface area contributed by atoms with Crippen molar-refractivity contribution in [3.05, 3.63) is 0 Å². The lowest BCUT2D eigenvalue weighted by atomic mass is 9.42. The lowest BCUT2D eigenvalue weighted by Gasteiger charge is -2.65. The molecule has 0 spiro atoms. The largest absolute Gasteiger partial charge is 0.396 e. The van der Waals surface area contributed by atoms with Crippen LogP contribution in [0.4, 0.5) is 0 Å². The van der Waals surface area contributed by atoms with Crippen molar-refractivity contribution in [2.45, 2.75) is 116 Å². The van der Waals surface area contributed by atoms with Crippen LogP contribution in [0.1, 0.15) is 91.9 Å². The second kappa shape index (κ2) is 8.78. The molecule has 4 rings (SSSR count). The summed E-state index contributed by atoms with van der Waals surface area (Å²) in [5.41, 5.74) is -1.55. The van der Waals surface area contributed by atoms with E-state index in [2.05, 4.69) is 27.7 Å². The van der Waals surface area contributed by atoms with Gasteiger partial charge in [-0.2, -0.15) is 0 Å². The van der Waals surface area contributed by atoms with Gasteiger partial charge in [0.1, 0.15) is 0 Å². The van der Waals surface area contributed by atoms with E-state index in [0.29, 0.717) is 30.6 Å². The first kappa shape index (κ1) is 24.9. The molecule has 0 unspecified atom stereocenters. The molecule has 4 aliphatic rings. The van der Waals surface area contributed by atoms with Crippen LogP contribution in [-0.4, -0.2) is 56.1 Å². The first-order valence-corrected chi connectivity index (χ1v) is 13.4. The lowest BCUT2D eigenvalue weighted by Crippen LogP contribution is -2.69. The molecule has 186 valence electrons. The van der Waals surface area contributed by atoms with Crippen LogP contribution in [0.5, 0.6) is 0 Å². The molecule has 4 fully saturated rings. The van der Waals surface area contributed by atoms with Gasteiger partial charge in [-0.15, -0.1) is 0 Å². The van der Waals surface area contributed by atoms with Crippen LogP contribution in [-0.2, 0) is 0 Å². The van der Waals surface area contributed by atoms with E-state index in [9.17, 15) is 25.5 Å². The quantitative estimate of drug-likeness (QED) is 0.425. The van der Waals surface area contributed by atoms with Gasteiger partial charge in [0, 0.05) is 18.4 Å². The maximum atomic E-state index is 11.6. The van der Waals surface area contributed by atoms with Crippen LogP contribution < -0.4 is 0 Å². The molecular formula is C27H48O5. The smallest absolute Gasteiger partial charge is 0.0985 e. The average Bonchev–Trinajstić information content (AvgIpc) is 3.01. The summed E-state index contributed by atoms with van der Waals surface area (Å²) in [4.78, 5) is 0. The molecule has 32 heavy (non-hydrogen) atoms. The van der Waals surface area contributed by atoms with Crippen LogP contribution in [0.15, 0.2) is 0 Å². The van der Waals surface area contributed by atoms with Gasteiger partial charge < -0.3 is 25.5 Å². The third-order valence-corrected chi connectivity index (χ3v) is 11.2. The second-order valence-corrected chi connectivity index (χ2v) is 12.9. The van der Waals surface area contributed by atoms with Crippen LogP contribution in [0.25, 0.3) is 0 Å². The molecule has 12 atom stereocenters. The Hall–Kier alpha value is -0.200. The van der Waals surface area contributed by atoms with Gasteiger partial charge in [0.25, 0.3) is 0 Å². The monoisotopic (exact) mass is 452 g/mol. The number of aliphatic hydroxyl groups is 5. The molecule has 0 bridgehead atoms. The predicted molar refractivity (Wildman–Crippen MR) is 125 cm³/mol. The van der Waals surface area contributed by atoms with Crippen molar-refractivity contribution in [3.63, 3.8) is 0 Å². The normalized spacial score (nSPS) is 52.6. The molecule has 4 saturated carbocycles. The molecule has 0 radical (unpaired) electrons. The summed E-state index contributed by atoms with van der Waals surface area (Å²) >= 11 is 0. The van der Waals surface area contributed by atoms with E-state index in [1.807, 2.05) is 0 Å². The lowest BCUT2D eigenvalue weighted by molar-refractivity contribution is -0.268. The Morgan fingerprint density at radius 1 is 0.969 bits per heavy atom. The summed E-state index contributed by atoms with van der Waals surface area (Å²) in [6.45, 7) is 9.24. The van der Waals surface area contributed by atoms with Gasteiger partial charge >= 0.3 is 0 Å². The molecule has 0 aromatic rings. The number of aliphatic hydroxyl groups excluding tert-OH is 4. The van der Waals surface area contributed by atoms with Crippen molar-refractivity contribution in [1.29, 1.82) is 0 Å². The maximum Gasteiger partial charge on any atom is 0.0985 e. The van der Waals surface area contributed by atoms with Crippen LogP contribution in [0.2, 0.25) is 0 Å². The first-order chi connectivity index (χ1) is 15.0.